The summed E-state index contributed by atoms with van der Waals surface area (Å²) in [5.41, 5.74) is 1.22. The minimum atomic E-state index is 0.357. The largest absolute Gasteiger partial charge is 0.377 e. The smallest absolute Gasteiger partial charge is 0.223 e. The Bertz CT molecular complexity index is 432. The highest BCUT2D eigenvalue weighted by Gasteiger charge is 2.41. The fourth-order valence-corrected chi connectivity index (χ4v) is 3.36. The van der Waals surface area contributed by atoms with Crippen LogP contribution in [0.3, 0.4) is 0 Å². The molecule has 0 aliphatic carbocycles. The normalized spacial score (nSPS) is 25.9. The van der Waals surface area contributed by atoms with Crippen LogP contribution in [0.1, 0.15) is 31.2 Å². The van der Waals surface area contributed by atoms with E-state index < -0.39 is 0 Å². The minimum absolute atomic E-state index is 0.357. The van der Waals surface area contributed by atoms with E-state index in [1.165, 1.54) is 18.4 Å². The number of hydrogen-bond acceptors (Lipinski definition) is 2. The molecule has 2 saturated heterocycles. The van der Waals surface area contributed by atoms with Crippen LogP contribution in [0.25, 0.3) is 0 Å². The number of ether oxygens (including phenoxy) is 1. The van der Waals surface area contributed by atoms with Crippen LogP contribution in [0.15, 0.2) is 30.3 Å². The van der Waals surface area contributed by atoms with Crippen molar-refractivity contribution in [2.24, 2.45) is 5.92 Å². The van der Waals surface area contributed by atoms with Crippen molar-refractivity contribution in [1.29, 1.82) is 0 Å². The first kappa shape index (κ1) is 12.7. The Labute approximate surface area is 114 Å². The number of rotatable bonds is 5. The lowest BCUT2D eigenvalue weighted by molar-refractivity contribution is -0.127. The Balaban J connectivity index is 1.42. The molecule has 102 valence electrons. The molecule has 2 fully saturated rings. The first-order chi connectivity index (χ1) is 9.34. The predicted molar refractivity (Wildman–Crippen MR) is 73.6 cm³/mol. The van der Waals surface area contributed by atoms with E-state index in [1.807, 2.05) is 18.2 Å². The monoisotopic (exact) mass is 259 g/mol. The molecule has 0 saturated carbocycles. The van der Waals surface area contributed by atoms with Crippen molar-refractivity contribution in [3.63, 3.8) is 0 Å². The molecule has 2 atom stereocenters. The second-order valence-electron chi connectivity index (χ2n) is 5.59. The third-order valence-electron chi connectivity index (χ3n) is 4.35. The number of carbonyl (C=O) groups excluding carboxylic acids is 1. The van der Waals surface area contributed by atoms with Gasteiger partial charge in [0, 0.05) is 25.6 Å². The molecule has 1 amide bonds. The molecule has 0 unspecified atom stereocenters. The summed E-state index contributed by atoms with van der Waals surface area (Å²) in [5.74, 6) is 0.876. The Morgan fingerprint density at radius 1 is 1.26 bits per heavy atom. The average Bonchev–Trinajstić information content (AvgIpc) is 3.01. The van der Waals surface area contributed by atoms with Gasteiger partial charge in [0.25, 0.3) is 0 Å². The second-order valence-corrected chi connectivity index (χ2v) is 5.59. The lowest BCUT2D eigenvalue weighted by atomic mass is 9.95. The molecule has 0 spiro atoms. The van der Waals surface area contributed by atoms with Crippen LogP contribution in [-0.4, -0.2) is 30.0 Å². The van der Waals surface area contributed by atoms with Crippen molar-refractivity contribution < 1.29 is 9.53 Å². The van der Waals surface area contributed by atoms with Gasteiger partial charge in [0.2, 0.25) is 5.91 Å². The molecule has 19 heavy (non-hydrogen) atoms. The maximum atomic E-state index is 11.8. The molecule has 2 aliphatic heterocycles. The third kappa shape index (κ3) is 2.81. The van der Waals surface area contributed by atoms with Gasteiger partial charge in [0.15, 0.2) is 0 Å². The summed E-state index contributed by atoms with van der Waals surface area (Å²) in [6, 6.07) is 10.8. The van der Waals surface area contributed by atoms with Gasteiger partial charge < -0.3 is 9.64 Å². The molecule has 3 rings (SSSR count). The van der Waals surface area contributed by atoms with Crippen molar-refractivity contribution in [2.75, 3.05) is 13.2 Å². The standard InChI is InChI=1S/C16H21NO2/c18-16-11-14(15-7-4-9-17(15)16)8-10-19-12-13-5-2-1-3-6-13/h1-3,5-6,14-15H,4,7-12H2/t14-,15+/m1/s1. The van der Waals surface area contributed by atoms with Gasteiger partial charge in [-0.05, 0) is 30.7 Å². The van der Waals surface area contributed by atoms with Crippen LogP contribution in [0.4, 0.5) is 0 Å². The summed E-state index contributed by atoms with van der Waals surface area (Å²) < 4.78 is 5.74. The maximum absolute atomic E-state index is 11.8. The lowest BCUT2D eigenvalue weighted by Gasteiger charge is -2.19. The van der Waals surface area contributed by atoms with E-state index >= 15 is 0 Å². The molecular formula is C16H21NO2. The minimum Gasteiger partial charge on any atom is -0.377 e. The van der Waals surface area contributed by atoms with Gasteiger partial charge in [-0.25, -0.2) is 0 Å². The summed E-state index contributed by atoms with van der Waals surface area (Å²) >= 11 is 0. The topological polar surface area (TPSA) is 29.5 Å². The number of benzene rings is 1. The zero-order chi connectivity index (χ0) is 13.1. The number of fused-ring (bicyclic) bond motifs is 1. The van der Waals surface area contributed by atoms with Gasteiger partial charge in [-0.1, -0.05) is 30.3 Å². The Hall–Kier alpha value is -1.35. The van der Waals surface area contributed by atoms with E-state index in [1.54, 1.807) is 0 Å². The molecule has 0 aromatic heterocycles. The van der Waals surface area contributed by atoms with E-state index in [2.05, 4.69) is 17.0 Å². The number of nitrogens with zero attached hydrogens (tertiary/aromatic N) is 1. The van der Waals surface area contributed by atoms with E-state index in [4.69, 9.17) is 4.74 Å². The molecule has 0 radical (unpaired) electrons. The maximum Gasteiger partial charge on any atom is 0.223 e. The highest BCUT2D eigenvalue weighted by molar-refractivity contribution is 5.79. The van der Waals surface area contributed by atoms with Crippen LogP contribution >= 0.6 is 0 Å². The molecule has 1 aromatic rings. The Kier molecular flexibility index (Phi) is 3.83. The van der Waals surface area contributed by atoms with Crippen LogP contribution in [0, 0.1) is 5.92 Å². The van der Waals surface area contributed by atoms with Gasteiger partial charge in [-0.3, -0.25) is 4.79 Å². The highest BCUT2D eigenvalue weighted by Crippen LogP contribution is 2.35. The fourth-order valence-electron chi connectivity index (χ4n) is 3.36. The summed E-state index contributed by atoms with van der Waals surface area (Å²) in [5, 5.41) is 0. The molecule has 1 aromatic carbocycles. The van der Waals surface area contributed by atoms with Gasteiger partial charge in [0.1, 0.15) is 0 Å². The van der Waals surface area contributed by atoms with E-state index in [0.29, 0.717) is 24.5 Å². The summed E-state index contributed by atoms with van der Waals surface area (Å²) in [6.07, 6.45) is 4.12. The summed E-state index contributed by atoms with van der Waals surface area (Å²) in [7, 11) is 0. The van der Waals surface area contributed by atoms with E-state index in [-0.39, 0.29) is 0 Å². The van der Waals surface area contributed by atoms with Crippen LogP contribution in [0.5, 0.6) is 0 Å². The van der Waals surface area contributed by atoms with Gasteiger partial charge in [-0.2, -0.15) is 0 Å². The highest BCUT2D eigenvalue weighted by atomic mass is 16.5. The van der Waals surface area contributed by atoms with Crippen molar-refractivity contribution in [2.45, 2.75) is 38.3 Å². The third-order valence-corrected chi connectivity index (χ3v) is 4.35. The number of hydrogen-bond donors (Lipinski definition) is 0. The van der Waals surface area contributed by atoms with Crippen molar-refractivity contribution in [3.05, 3.63) is 35.9 Å². The molecule has 2 aliphatic rings. The fraction of sp³-hybridized carbons (Fsp3) is 0.562. The molecule has 3 heteroatoms. The zero-order valence-electron chi connectivity index (χ0n) is 11.3. The second kappa shape index (κ2) is 5.74. The van der Waals surface area contributed by atoms with Crippen molar-refractivity contribution in [3.8, 4) is 0 Å². The molecule has 0 bridgehead atoms. The van der Waals surface area contributed by atoms with Crippen molar-refractivity contribution >= 4 is 5.91 Å². The summed E-state index contributed by atoms with van der Waals surface area (Å²) in [6.45, 7) is 2.41. The van der Waals surface area contributed by atoms with Crippen LogP contribution < -0.4 is 0 Å². The quantitative estimate of drug-likeness (QED) is 0.761. The SMILES string of the molecule is O=C1C[C@@H](CCOCc2ccccc2)[C@@H]2CCCN12. The van der Waals surface area contributed by atoms with Crippen molar-refractivity contribution in [1.82, 2.24) is 4.90 Å². The lowest BCUT2D eigenvalue weighted by Crippen LogP contribution is -2.29. The van der Waals surface area contributed by atoms with Gasteiger partial charge >= 0.3 is 0 Å². The van der Waals surface area contributed by atoms with Gasteiger partial charge in [-0.15, -0.1) is 0 Å². The summed E-state index contributed by atoms with van der Waals surface area (Å²) in [4.78, 5) is 13.9. The number of carbonyl (C=O) groups is 1. The number of amides is 1. The van der Waals surface area contributed by atoms with Gasteiger partial charge in [0.05, 0.1) is 6.61 Å². The molecular weight excluding hydrogens is 238 g/mol. The van der Waals surface area contributed by atoms with Crippen LogP contribution in [0.2, 0.25) is 0 Å². The first-order valence-electron chi connectivity index (χ1n) is 7.26. The zero-order valence-corrected chi connectivity index (χ0v) is 11.3. The Morgan fingerprint density at radius 2 is 2.11 bits per heavy atom. The van der Waals surface area contributed by atoms with E-state index in [0.717, 1.165) is 26.0 Å². The van der Waals surface area contributed by atoms with Crippen LogP contribution in [-0.2, 0) is 16.1 Å². The van der Waals surface area contributed by atoms with E-state index in [9.17, 15) is 4.79 Å². The predicted octanol–water partition coefficient (Wildman–Crippen LogP) is 2.60. The first-order valence-corrected chi connectivity index (χ1v) is 7.26. The molecule has 3 nitrogen and oxygen atoms in total. The Morgan fingerprint density at radius 3 is 2.95 bits per heavy atom. The molecule has 2 heterocycles. The molecule has 0 N–H and O–H groups in total. The average molecular weight is 259 g/mol.